The minimum Gasteiger partial charge on any atom is -0.385 e. The van der Waals surface area contributed by atoms with E-state index in [-0.39, 0.29) is 5.69 Å². The van der Waals surface area contributed by atoms with Gasteiger partial charge in [-0.05, 0) is 30.7 Å². The van der Waals surface area contributed by atoms with Gasteiger partial charge in [-0.25, -0.2) is 18.2 Å². The van der Waals surface area contributed by atoms with Crippen molar-refractivity contribution in [3.05, 3.63) is 53.6 Å². The monoisotopic (exact) mass is 339 g/mol. The number of carbonyl (C=O) groups is 1. The molecule has 1 heterocycles. The number of nitrogens with one attached hydrogen (secondary N) is 2. The third-order valence-electron chi connectivity index (χ3n) is 3.13. The molecule has 1 aromatic carbocycles. The molecule has 0 fully saturated rings. The first-order chi connectivity index (χ1) is 11.5. The van der Waals surface area contributed by atoms with E-state index in [9.17, 15) is 18.0 Å². The molecule has 1 amide bonds. The average Bonchev–Trinajstić information content (AvgIpc) is 2.59. The minimum absolute atomic E-state index is 0.0153. The lowest BCUT2D eigenvalue weighted by atomic mass is 10.2. The van der Waals surface area contributed by atoms with Crippen LogP contribution in [0.1, 0.15) is 16.9 Å². The van der Waals surface area contributed by atoms with Crippen molar-refractivity contribution in [3.63, 3.8) is 0 Å². The highest BCUT2D eigenvalue weighted by atomic mass is 19.2. The summed E-state index contributed by atoms with van der Waals surface area (Å²) in [6.07, 6.45) is 2.26. The topological polar surface area (TPSA) is 63.2 Å². The van der Waals surface area contributed by atoms with Crippen LogP contribution < -0.4 is 10.6 Å². The summed E-state index contributed by atoms with van der Waals surface area (Å²) in [5.41, 5.74) is 0.269. The number of nitrogens with zero attached hydrogens (tertiary/aromatic N) is 1. The van der Waals surface area contributed by atoms with Gasteiger partial charge in [0.1, 0.15) is 5.69 Å². The molecule has 24 heavy (non-hydrogen) atoms. The molecule has 128 valence electrons. The third-order valence-corrected chi connectivity index (χ3v) is 3.13. The van der Waals surface area contributed by atoms with Crippen molar-refractivity contribution in [1.82, 2.24) is 4.98 Å². The first-order valence-corrected chi connectivity index (χ1v) is 7.16. The number of rotatable bonds is 7. The molecule has 0 aliphatic carbocycles. The first-order valence-electron chi connectivity index (χ1n) is 7.16. The van der Waals surface area contributed by atoms with Crippen LogP contribution in [0.25, 0.3) is 0 Å². The minimum atomic E-state index is -1.64. The number of aromatic nitrogens is 1. The number of anilines is 2. The van der Waals surface area contributed by atoms with Gasteiger partial charge in [0, 0.05) is 20.3 Å². The Kier molecular flexibility index (Phi) is 6.14. The predicted octanol–water partition coefficient (Wildman–Crippen LogP) is 3.20. The molecule has 5 nitrogen and oxygen atoms in total. The number of benzene rings is 1. The van der Waals surface area contributed by atoms with E-state index in [1.54, 1.807) is 13.2 Å². The van der Waals surface area contributed by atoms with E-state index in [1.165, 1.54) is 12.3 Å². The van der Waals surface area contributed by atoms with Crippen molar-refractivity contribution in [3.8, 4) is 0 Å². The zero-order valence-electron chi connectivity index (χ0n) is 12.9. The Hall–Kier alpha value is -2.61. The molecule has 0 bridgehead atoms. The molecule has 0 aliphatic rings. The Labute approximate surface area is 136 Å². The van der Waals surface area contributed by atoms with Crippen molar-refractivity contribution in [1.29, 1.82) is 0 Å². The van der Waals surface area contributed by atoms with Gasteiger partial charge >= 0.3 is 0 Å². The van der Waals surface area contributed by atoms with Crippen molar-refractivity contribution < 1.29 is 22.7 Å². The number of ether oxygens (including phenoxy) is 1. The summed E-state index contributed by atoms with van der Waals surface area (Å²) in [7, 11) is 1.62. The first kappa shape index (κ1) is 17.7. The van der Waals surface area contributed by atoms with E-state index >= 15 is 0 Å². The van der Waals surface area contributed by atoms with Gasteiger partial charge in [0.15, 0.2) is 17.5 Å². The molecule has 1 aromatic heterocycles. The summed E-state index contributed by atoms with van der Waals surface area (Å²) in [6.45, 7) is 1.31. The van der Waals surface area contributed by atoms with E-state index in [2.05, 4.69) is 15.6 Å². The van der Waals surface area contributed by atoms with E-state index in [4.69, 9.17) is 4.74 Å². The SMILES string of the molecule is COCCCNc1ccc(C(=O)Nc2ccc(F)c(F)c2F)nc1. The number of pyridine rings is 1. The van der Waals surface area contributed by atoms with Crippen LogP contribution in [0.15, 0.2) is 30.5 Å². The average molecular weight is 339 g/mol. The van der Waals surface area contributed by atoms with Crippen LogP contribution in [0.2, 0.25) is 0 Å². The van der Waals surface area contributed by atoms with Gasteiger partial charge in [-0.2, -0.15) is 0 Å². The molecule has 8 heteroatoms. The van der Waals surface area contributed by atoms with E-state index in [0.29, 0.717) is 18.8 Å². The van der Waals surface area contributed by atoms with E-state index in [1.807, 2.05) is 0 Å². The van der Waals surface area contributed by atoms with Gasteiger partial charge < -0.3 is 15.4 Å². The number of amides is 1. The standard InChI is InChI=1S/C16H16F3N3O2/c1-24-8-2-7-20-10-3-5-13(21-9-10)16(23)22-12-6-4-11(17)14(18)15(12)19/h3-6,9,20H,2,7-8H2,1H3,(H,22,23). The van der Waals surface area contributed by atoms with Crippen molar-refractivity contribution >= 4 is 17.3 Å². The molecule has 0 radical (unpaired) electrons. The lowest BCUT2D eigenvalue weighted by molar-refractivity contribution is 0.102. The van der Waals surface area contributed by atoms with Crippen molar-refractivity contribution in [2.45, 2.75) is 6.42 Å². The van der Waals surface area contributed by atoms with Crippen LogP contribution in [0.4, 0.5) is 24.5 Å². The zero-order chi connectivity index (χ0) is 17.5. The summed E-state index contributed by atoms with van der Waals surface area (Å²) in [4.78, 5) is 15.9. The maximum absolute atomic E-state index is 13.5. The largest absolute Gasteiger partial charge is 0.385 e. The second-order valence-electron chi connectivity index (χ2n) is 4.88. The number of hydrogen-bond acceptors (Lipinski definition) is 4. The summed E-state index contributed by atoms with van der Waals surface area (Å²) < 4.78 is 44.5. The fraction of sp³-hybridized carbons (Fsp3) is 0.250. The van der Waals surface area contributed by atoms with E-state index in [0.717, 1.165) is 18.6 Å². The van der Waals surface area contributed by atoms with E-state index < -0.39 is 29.0 Å². The van der Waals surface area contributed by atoms with Crippen LogP contribution >= 0.6 is 0 Å². The molecule has 2 rings (SSSR count). The molecule has 0 atom stereocenters. The van der Waals surface area contributed by atoms with Gasteiger partial charge in [0.25, 0.3) is 5.91 Å². The quantitative estimate of drug-likeness (QED) is 0.601. The van der Waals surface area contributed by atoms with Crippen LogP contribution in [0, 0.1) is 17.5 Å². The molecular weight excluding hydrogens is 323 g/mol. The molecule has 0 spiro atoms. The Balaban J connectivity index is 1.99. The summed E-state index contributed by atoms with van der Waals surface area (Å²) in [5.74, 6) is -5.16. The third kappa shape index (κ3) is 4.45. The van der Waals surface area contributed by atoms with Gasteiger partial charge in [0.05, 0.1) is 17.6 Å². The molecule has 2 aromatic rings. The highest BCUT2D eigenvalue weighted by Crippen LogP contribution is 2.20. The zero-order valence-corrected chi connectivity index (χ0v) is 12.9. The normalized spacial score (nSPS) is 10.5. The highest BCUT2D eigenvalue weighted by molar-refractivity contribution is 6.03. The fourth-order valence-corrected chi connectivity index (χ4v) is 1.89. The Bertz CT molecular complexity index is 708. The van der Waals surface area contributed by atoms with Crippen LogP contribution in [0.3, 0.4) is 0 Å². The van der Waals surface area contributed by atoms with Gasteiger partial charge in [-0.3, -0.25) is 4.79 Å². The molecule has 0 saturated carbocycles. The Morgan fingerprint density at radius 3 is 2.62 bits per heavy atom. The predicted molar refractivity (Wildman–Crippen MR) is 83.5 cm³/mol. The smallest absolute Gasteiger partial charge is 0.274 e. The van der Waals surface area contributed by atoms with Crippen LogP contribution in [-0.4, -0.2) is 31.2 Å². The molecule has 2 N–H and O–H groups in total. The molecule has 0 saturated heterocycles. The summed E-state index contributed by atoms with van der Waals surface area (Å²) in [6, 6.07) is 4.74. The molecule has 0 aliphatic heterocycles. The second-order valence-corrected chi connectivity index (χ2v) is 4.88. The Morgan fingerprint density at radius 1 is 1.17 bits per heavy atom. The number of halogens is 3. The highest BCUT2D eigenvalue weighted by Gasteiger charge is 2.16. The van der Waals surface area contributed by atoms with Crippen LogP contribution in [0.5, 0.6) is 0 Å². The van der Waals surface area contributed by atoms with Gasteiger partial charge in [-0.1, -0.05) is 0 Å². The maximum Gasteiger partial charge on any atom is 0.274 e. The fourth-order valence-electron chi connectivity index (χ4n) is 1.89. The summed E-state index contributed by atoms with van der Waals surface area (Å²) >= 11 is 0. The number of carbonyl (C=O) groups excluding carboxylic acids is 1. The molecular formula is C16H16F3N3O2. The van der Waals surface area contributed by atoms with Crippen LogP contribution in [-0.2, 0) is 4.74 Å². The van der Waals surface area contributed by atoms with Gasteiger partial charge in [-0.15, -0.1) is 0 Å². The number of methoxy groups -OCH3 is 1. The Morgan fingerprint density at radius 2 is 1.96 bits per heavy atom. The number of hydrogen-bond donors (Lipinski definition) is 2. The van der Waals surface area contributed by atoms with Crippen molar-refractivity contribution in [2.75, 3.05) is 30.9 Å². The lowest BCUT2D eigenvalue weighted by Gasteiger charge is -2.08. The second kappa shape index (κ2) is 8.30. The lowest BCUT2D eigenvalue weighted by Crippen LogP contribution is -2.15. The van der Waals surface area contributed by atoms with Crippen molar-refractivity contribution in [2.24, 2.45) is 0 Å². The maximum atomic E-state index is 13.5. The summed E-state index contributed by atoms with van der Waals surface area (Å²) in [5, 5.41) is 5.25. The molecule has 0 unspecified atom stereocenters. The van der Waals surface area contributed by atoms with Gasteiger partial charge in [0.2, 0.25) is 0 Å².